The van der Waals surface area contributed by atoms with E-state index in [1.807, 2.05) is 18.2 Å². The first kappa shape index (κ1) is 35.5. The monoisotopic (exact) mass is 672 g/mol. The van der Waals surface area contributed by atoms with E-state index in [2.05, 4.69) is 42.2 Å². The topological polar surface area (TPSA) is 51.4 Å². The van der Waals surface area contributed by atoms with E-state index in [4.69, 9.17) is 21.1 Å². The van der Waals surface area contributed by atoms with Gasteiger partial charge in [0.15, 0.2) is 19.0 Å². The molecule has 1 aromatic heterocycles. The number of carbonyl (C=O) groups excluding carboxylic acids is 1. The Morgan fingerprint density at radius 2 is 1.44 bits per heavy atom. The van der Waals surface area contributed by atoms with Gasteiger partial charge in [-0.15, -0.1) is 0 Å². The van der Waals surface area contributed by atoms with E-state index in [0.29, 0.717) is 29.7 Å². The van der Waals surface area contributed by atoms with Crippen molar-refractivity contribution in [1.82, 2.24) is 5.32 Å². The van der Waals surface area contributed by atoms with E-state index in [1.165, 1.54) is 76.2 Å². The highest BCUT2D eigenvalue weighted by atomic mass is 127. The van der Waals surface area contributed by atoms with Crippen LogP contribution in [0.4, 0.5) is 0 Å². The normalized spacial score (nSPS) is 10.6. The van der Waals surface area contributed by atoms with Gasteiger partial charge in [-0.05, 0) is 31.0 Å². The molecule has 0 aliphatic rings. The van der Waals surface area contributed by atoms with Crippen molar-refractivity contribution in [2.24, 2.45) is 0 Å². The molecule has 1 heterocycles. The maximum absolute atomic E-state index is 12.3. The van der Waals surface area contributed by atoms with Crippen LogP contribution in [0.1, 0.15) is 103 Å². The Labute approximate surface area is 259 Å². The second kappa shape index (κ2) is 23.2. The van der Waals surface area contributed by atoms with Crippen LogP contribution in [-0.2, 0) is 17.8 Å². The predicted molar refractivity (Wildman–Crippen MR) is 157 cm³/mol. The molecule has 1 aromatic carbocycles. The van der Waals surface area contributed by atoms with Crippen LogP contribution in [0.5, 0.6) is 11.5 Å². The average Bonchev–Trinajstić information content (AvgIpc) is 2.92. The number of benzene rings is 1. The molecule has 0 spiro atoms. The van der Waals surface area contributed by atoms with E-state index < -0.39 is 0 Å². The third-order valence-electron chi connectivity index (χ3n) is 6.68. The third-order valence-corrected chi connectivity index (χ3v) is 7.05. The summed E-state index contributed by atoms with van der Waals surface area (Å²) < 4.78 is 13.8. The first-order chi connectivity index (χ1) is 18.6. The number of aromatic nitrogens is 1. The Morgan fingerprint density at radius 3 is 2.08 bits per heavy atom. The largest absolute Gasteiger partial charge is 1.00 e. The summed E-state index contributed by atoms with van der Waals surface area (Å²) in [6.45, 7) is 6.55. The Balaban J connectivity index is 0.00000760. The minimum absolute atomic E-state index is 0. The van der Waals surface area contributed by atoms with E-state index in [-0.39, 0.29) is 36.5 Å². The van der Waals surface area contributed by atoms with Gasteiger partial charge in [0.05, 0.1) is 6.61 Å². The lowest BCUT2D eigenvalue weighted by atomic mass is 10.1. The van der Waals surface area contributed by atoms with Gasteiger partial charge in [-0.1, -0.05) is 102 Å². The number of unbranched alkanes of at least 4 members (excludes halogenated alkanes) is 11. The van der Waals surface area contributed by atoms with Gasteiger partial charge < -0.3 is 38.8 Å². The van der Waals surface area contributed by atoms with E-state index in [9.17, 15) is 4.79 Å². The van der Waals surface area contributed by atoms with Crippen LogP contribution < -0.4 is 43.3 Å². The number of carbonyl (C=O) groups is 1. The number of hydrogen-bond acceptors (Lipinski definition) is 3. The molecule has 220 valence electrons. The molecule has 0 aliphatic heterocycles. The summed E-state index contributed by atoms with van der Waals surface area (Å²) in [7, 11) is 0. The van der Waals surface area contributed by atoms with Gasteiger partial charge >= 0.3 is 0 Å². The van der Waals surface area contributed by atoms with Crippen molar-refractivity contribution in [2.45, 2.75) is 110 Å². The molecule has 0 atom stereocenters. The number of nitrogens with one attached hydrogen (secondary N) is 1. The van der Waals surface area contributed by atoms with Crippen LogP contribution in [0.3, 0.4) is 0 Å². The molecule has 0 unspecified atom stereocenters. The van der Waals surface area contributed by atoms with Crippen LogP contribution in [0.25, 0.3) is 0 Å². The highest BCUT2D eigenvalue weighted by Gasteiger charge is 2.11. The van der Waals surface area contributed by atoms with Gasteiger partial charge in [0.25, 0.3) is 5.91 Å². The van der Waals surface area contributed by atoms with Gasteiger partial charge in [-0.2, -0.15) is 0 Å². The molecular weight excluding hydrogens is 623 g/mol. The lowest BCUT2D eigenvalue weighted by Gasteiger charge is -2.12. The summed E-state index contributed by atoms with van der Waals surface area (Å²) in [4.78, 5) is 12.3. The molecule has 7 heteroatoms. The van der Waals surface area contributed by atoms with Crippen LogP contribution in [0, 0.1) is 0 Å². The minimum atomic E-state index is -0.166. The van der Waals surface area contributed by atoms with E-state index >= 15 is 0 Å². The molecular formula is C32H50ClIN2O3. The number of hydrogen-bond donors (Lipinski definition) is 1. The number of aryl methyl sites for hydroxylation is 1. The van der Waals surface area contributed by atoms with Crippen molar-refractivity contribution in [1.29, 1.82) is 0 Å². The Kier molecular flexibility index (Phi) is 21.1. The number of amides is 1. The molecule has 0 saturated heterocycles. The van der Waals surface area contributed by atoms with Gasteiger partial charge in [0, 0.05) is 24.6 Å². The standard InChI is InChI=1S/C32H49ClN2O3.HI/c1-3-5-6-7-8-9-10-11-12-13-14-15-25-37-29-19-16-20-30(32(29)33)38-27-31(36)34-22-21-28-18-17-24-35(26-28)23-4-2;/h16-20,24,26H,3-15,21-23,25,27H2,1-2H3;1H. The zero-order valence-electron chi connectivity index (χ0n) is 24.2. The highest BCUT2D eigenvalue weighted by molar-refractivity contribution is 6.33. The lowest BCUT2D eigenvalue weighted by Crippen LogP contribution is -3.00. The molecule has 5 nitrogen and oxygen atoms in total. The second-order valence-electron chi connectivity index (χ2n) is 10.1. The van der Waals surface area contributed by atoms with Gasteiger partial charge in [0.2, 0.25) is 0 Å². The first-order valence-corrected chi connectivity index (χ1v) is 15.3. The molecule has 0 saturated carbocycles. The number of pyridine rings is 1. The Bertz CT molecular complexity index is 913. The van der Waals surface area contributed by atoms with Crippen molar-refractivity contribution in [3.63, 3.8) is 0 Å². The smallest absolute Gasteiger partial charge is 0.257 e. The van der Waals surface area contributed by atoms with Crippen molar-refractivity contribution in [3.05, 3.63) is 53.3 Å². The second-order valence-corrected chi connectivity index (χ2v) is 10.5. The first-order valence-electron chi connectivity index (χ1n) is 14.9. The molecule has 0 fully saturated rings. The lowest BCUT2D eigenvalue weighted by molar-refractivity contribution is -0.697. The molecule has 2 aromatic rings. The zero-order chi connectivity index (χ0) is 27.3. The van der Waals surface area contributed by atoms with E-state index in [1.54, 1.807) is 6.07 Å². The Hall–Kier alpha value is -1.54. The summed E-state index contributed by atoms with van der Waals surface area (Å²) in [5.74, 6) is 0.913. The molecule has 0 aliphatic carbocycles. The molecule has 0 radical (unpaired) electrons. The van der Waals surface area contributed by atoms with Crippen LogP contribution in [0.15, 0.2) is 42.7 Å². The maximum Gasteiger partial charge on any atom is 0.257 e. The van der Waals surface area contributed by atoms with Crippen molar-refractivity contribution in [2.75, 3.05) is 19.8 Å². The van der Waals surface area contributed by atoms with Gasteiger partial charge in [0.1, 0.15) is 23.1 Å². The van der Waals surface area contributed by atoms with Crippen LogP contribution in [0.2, 0.25) is 5.02 Å². The molecule has 2 rings (SSSR count). The van der Waals surface area contributed by atoms with Gasteiger partial charge in [-0.25, -0.2) is 4.57 Å². The quantitative estimate of drug-likeness (QED) is 0.111. The van der Waals surface area contributed by atoms with Crippen molar-refractivity contribution in [3.8, 4) is 11.5 Å². The third kappa shape index (κ3) is 16.3. The summed E-state index contributed by atoms with van der Waals surface area (Å²) in [5, 5.41) is 3.34. The molecule has 0 bridgehead atoms. The number of rotatable bonds is 22. The van der Waals surface area contributed by atoms with Crippen LogP contribution >= 0.6 is 11.6 Å². The molecule has 1 amide bonds. The summed E-state index contributed by atoms with van der Waals surface area (Å²) in [6.07, 6.45) is 21.8. The number of ether oxygens (including phenoxy) is 2. The zero-order valence-corrected chi connectivity index (χ0v) is 27.1. The SMILES string of the molecule is CCCCCCCCCCCCCCOc1cccc(OCC(=O)NCCc2ccc[n+](CCC)c2)c1Cl.[I-]. The number of nitrogens with zero attached hydrogens (tertiary/aromatic N) is 1. The average molecular weight is 673 g/mol. The fourth-order valence-corrected chi connectivity index (χ4v) is 4.74. The maximum atomic E-state index is 12.3. The fraction of sp³-hybridized carbons (Fsp3) is 0.625. The van der Waals surface area contributed by atoms with Gasteiger partial charge in [-0.3, -0.25) is 4.79 Å². The highest BCUT2D eigenvalue weighted by Crippen LogP contribution is 2.34. The predicted octanol–water partition coefficient (Wildman–Crippen LogP) is 4.86. The molecule has 39 heavy (non-hydrogen) atoms. The summed E-state index contributed by atoms with van der Waals surface area (Å²) >= 11 is 6.48. The van der Waals surface area contributed by atoms with Crippen molar-refractivity contribution >= 4 is 17.5 Å². The van der Waals surface area contributed by atoms with Crippen LogP contribution in [-0.4, -0.2) is 25.7 Å². The van der Waals surface area contributed by atoms with Crippen molar-refractivity contribution < 1.29 is 42.8 Å². The summed E-state index contributed by atoms with van der Waals surface area (Å²) in [5.41, 5.74) is 1.20. The molecule has 1 N–H and O–H groups in total. The van der Waals surface area contributed by atoms with E-state index in [0.717, 1.165) is 25.8 Å². The minimum Gasteiger partial charge on any atom is -1.00 e. The summed E-state index contributed by atoms with van der Waals surface area (Å²) in [6, 6.07) is 9.59. The number of halogens is 2. The fourth-order valence-electron chi connectivity index (χ4n) is 4.50. The Morgan fingerprint density at radius 1 is 0.821 bits per heavy atom.